The van der Waals surface area contributed by atoms with Crippen molar-refractivity contribution >= 4 is 63.5 Å². The summed E-state index contributed by atoms with van der Waals surface area (Å²) in [6, 6.07) is -0.960. The zero-order valence-corrected chi connectivity index (χ0v) is 18.0. The molecule has 2 atom stereocenters. The molecule has 0 aliphatic carbocycles. The Morgan fingerprint density at radius 2 is 2.29 bits per heavy atom. The van der Waals surface area contributed by atoms with Gasteiger partial charge in [0.25, 0.3) is 11.8 Å². The quantitative estimate of drug-likeness (QED) is 0.159. The molecular formula is C16H15N7O5S3. The van der Waals surface area contributed by atoms with E-state index in [0.29, 0.717) is 16.4 Å². The van der Waals surface area contributed by atoms with Crippen LogP contribution in [0.5, 0.6) is 0 Å². The number of imidazole rings is 1. The molecule has 0 bridgehead atoms. The molecule has 0 aromatic carbocycles. The first-order valence-corrected chi connectivity index (χ1v) is 11.6. The van der Waals surface area contributed by atoms with Crippen LogP contribution < -0.4 is 11.1 Å². The van der Waals surface area contributed by atoms with E-state index in [9.17, 15) is 24.7 Å². The molecule has 15 heteroatoms. The van der Waals surface area contributed by atoms with Crippen LogP contribution in [-0.2, 0) is 20.1 Å². The number of aromatic nitrogens is 3. The van der Waals surface area contributed by atoms with Crippen molar-refractivity contribution in [3.05, 3.63) is 39.9 Å². The highest BCUT2D eigenvalue weighted by atomic mass is 32.2. The summed E-state index contributed by atoms with van der Waals surface area (Å²) in [4.78, 5) is 49.6. The standard InChI is InChI=1S/C16H15N7O5S3/c17-16-20-7(3-31-16)9(22-28)12(24)21-10-13(25)23-11(15(26)27)8(4-30-14(10)23)29-2-6-1-18-5-19-6/h1,3,5,10,14,28H,2,4H2,(H2,17,20)(H,18,19)(H,21,24)(H,26,27)/b22-9-/t10-,14+/m1/s1. The Morgan fingerprint density at radius 3 is 2.90 bits per heavy atom. The first-order valence-electron chi connectivity index (χ1n) is 8.66. The number of carboxylic acids is 1. The van der Waals surface area contributed by atoms with E-state index in [1.165, 1.54) is 40.1 Å². The van der Waals surface area contributed by atoms with Crippen molar-refractivity contribution in [2.24, 2.45) is 5.16 Å². The number of hydrogen-bond donors (Lipinski definition) is 5. The van der Waals surface area contributed by atoms with E-state index in [-0.39, 0.29) is 22.2 Å². The first kappa shape index (κ1) is 21.2. The van der Waals surface area contributed by atoms with E-state index in [1.807, 2.05) is 0 Å². The highest BCUT2D eigenvalue weighted by molar-refractivity contribution is 8.05. The molecule has 1 saturated heterocycles. The lowest BCUT2D eigenvalue weighted by Gasteiger charge is -2.49. The molecule has 12 nitrogen and oxygen atoms in total. The molecule has 0 radical (unpaired) electrons. The number of hydrogen-bond acceptors (Lipinski definition) is 11. The van der Waals surface area contributed by atoms with E-state index >= 15 is 0 Å². The number of nitrogens with zero attached hydrogens (tertiary/aromatic N) is 4. The average Bonchev–Trinajstić information content (AvgIpc) is 3.42. The lowest BCUT2D eigenvalue weighted by Crippen LogP contribution is -2.71. The number of thioether (sulfide) groups is 2. The maximum absolute atomic E-state index is 12.7. The van der Waals surface area contributed by atoms with Gasteiger partial charge in [0.05, 0.1) is 6.33 Å². The molecule has 0 spiro atoms. The number of carboxylic acid groups (broad SMARTS) is 1. The van der Waals surface area contributed by atoms with Gasteiger partial charge in [0.1, 0.15) is 22.8 Å². The summed E-state index contributed by atoms with van der Waals surface area (Å²) >= 11 is 3.72. The molecule has 31 heavy (non-hydrogen) atoms. The number of carbonyl (C=O) groups excluding carboxylic acids is 2. The minimum Gasteiger partial charge on any atom is -0.477 e. The van der Waals surface area contributed by atoms with E-state index in [1.54, 1.807) is 6.20 Å². The van der Waals surface area contributed by atoms with Gasteiger partial charge in [-0.1, -0.05) is 5.16 Å². The van der Waals surface area contributed by atoms with Gasteiger partial charge < -0.3 is 26.3 Å². The monoisotopic (exact) mass is 481 g/mol. The Hall–Kier alpha value is -3.04. The van der Waals surface area contributed by atoms with Gasteiger partial charge >= 0.3 is 5.97 Å². The van der Waals surface area contributed by atoms with E-state index < -0.39 is 29.2 Å². The molecule has 4 rings (SSSR count). The lowest BCUT2D eigenvalue weighted by molar-refractivity contribution is -0.150. The molecule has 2 amide bonds. The summed E-state index contributed by atoms with van der Waals surface area (Å²) in [5.74, 6) is -1.74. The number of carbonyl (C=O) groups is 3. The number of thiazole rings is 1. The number of oxime groups is 1. The van der Waals surface area contributed by atoms with Crippen LogP contribution in [0.4, 0.5) is 5.13 Å². The molecule has 2 aromatic rings. The van der Waals surface area contributed by atoms with Crippen molar-refractivity contribution in [1.82, 2.24) is 25.2 Å². The second kappa shape index (κ2) is 8.60. The molecule has 4 heterocycles. The Labute approximate surface area is 187 Å². The number of amides is 2. The SMILES string of the molecule is Nc1nc(/C(=N/O)C(=O)N[C@@H]2C(=O)N3C(C(=O)O)=C(SCc4cnc[nH]4)CS[C@@H]23)cs1. The lowest BCUT2D eigenvalue weighted by atomic mass is 10.0. The number of β-lactam (4-membered cyclic amide) rings is 1. The number of nitrogens with two attached hydrogens (primary N) is 1. The second-order valence-corrected chi connectivity index (χ2v) is 9.39. The average molecular weight is 482 g/mol. The van der Waals surface area contributed by atoms with E-state index in [2.05, 4.69) is 25.4 Å². The number of nitrogens with one attached hydrogen (secondary N) is 2. The van der Waals surface area contributed by atoms with Gasteiger partial charge in [0.2, 0.25) is 0 Å². The van der Waals surface area contributed by atoms with Gasteiger partial charge in [0.15, 0.2) is 10.8 Å². The van der Waals surface area contributed by atoms with Crippen LogP contribution in [-0.4, -0.2) is 70.8 Å². The number of nitrogen functional groups attached to an aromatic ring is 1. The largest absolute Gasteiger partial charge is 0.477 e. The number of H-pyrrole nitrogens is 1. The summed E-state index contributed by atoms with van der Waals surface area (Å²) in [5.41, 5.74) is 5.97. The molecule has 2 aliphatic rings. The number of anilines is 1. The topological polar surface area (TPSA) is 187 Å². The molecule has 0 unspecified atom stereocenters. The summed E-state index contributed by atoms with van der Waals surface area (Å²) in [6.07, 6.45) is 3.17. The zero-order valence-electron chi connectivity index (χ0n) is 15.5. The zero-order chi connectivity index (χ0) is 22.1. The van der Waals surface area contributed by atoms with Gasteiger partial charge in [0, 0.05) is 33.7 Å². The van der Waals surface area contributed by atoms with Crippen molar-refractivity contribution < 1.29 is 24.7 Å². The minimum absolute atomic E-state index is 0.0750. The van der Waals surface area contributed by atoms with Crippen LogP contribution in [0.15, 0.2) is 33.7 Å². The van der Waals surface area contributed by atoms with Gasteiger partial charge in [-0.2, -0.15) is 0 Å². The Kier molecular flexibility index (Phi) is 5.88. The third-order valence-corrected chi connectivity index (χ3v) is 7.74. The molecule has 1 fully saturated rings. The Bertz CT molecular complexity index is 1100. The minimum atomic E-state index is -1.22. The number of rotatable bonds is 7. The molecule has 2 aliphatic heterocycles. The third-order valence-electron chi connectivity index (χ3n) is 4.46. The number of fused-ring (bicyclic) bond motifs is 1. The molecule has 0 saturated carbocycles. The molecular weight excluding hydrogens is 466 g/mol. The van der Waals surface area contributed by atoms with Crippen LogP contribution in [0, 0.1) is 0 Å². The highest BCUT2D eigenvalue weighted by Gasteiger charge is 2.54. The summed E-state index contributed by atoms with van der Waals surface area (Å²) < 4.78 is 0. The normalized spacial score (nSPS) is 21.0. The maximum Gasteiger partial charge on any atom is 0.353 e. The van der Waals surface area contributed by atoms with Gasteiger partial charge in [-0.3, -0.25) is 14.5 Å². The van der Waals surface area contributed by atoms with Crippen LogP contribution in [0.25, 0.3) is 0 Å². The van der Waals surface area contributed by atoms with Gasteiger partial charge in [-0.15, -0.1) is 34.9 Å². The van der Waals surface area contributed by atoms with E-state index in [4.69, 9.17) is 5.73 Å². The summed E-state index contributed by atoms with van der Waals surface area (Å²) in [6.45, 7) is 0. The smallest absolute Gasteiger partial charge is 0.353 e. The van der Waals surface area contributed by atoms with E-state index in [0.717, 1.165) is 17.0 Å². The summed E-state index contributed by atoms with van der Waals surface area (Å²) in [7, 11) is 0. The van der Waals surface area contributed by atoms with Crippen molar-refractivity contribution in [2.75, 3.05) is 11.5 Å². The van der Waals surface area contributed by atoms with Crippen molar-refractivity contribution in [3.63, 3.8) is 0 Å². The number of aliphatic carboxylic acids is 1. The van der Waals surface area contributed by atoms with Crippen molar-refractivity contribution in [1.29, 1.82) is 0 Å². The van der Waals surface area contributed by atoms with Crippen LogP contribution in [0.3, 0.4) is 0 Å². The van der Waals surface area contributed by atoms with Crippen LogP contribution in [0.2, 0.25) is 0 Å². The molecule has 6 N–H and O–H groups in total. The predicted octanol–water partition coefficient (Wildman–Crippen LogP) is 0.256. The third kappa shape index (κ3) is 3.98. The predicted molar refractivity (Wildman–Crippen MR) is 114 cm³/mol. The van der Waals surface area contributed by atoms with Gasteiger partial charge in [-0.25, -0.2) is 14.8 Å². The molecule has 162 valence electrons. The second-order valence-electron chi connectivity index (χ2n) is 6.32. The fourth-order valence-corrected chi connectivity index (χ4v) is 6.14. The molecule has 2 aromatic heterocycles. The van der Waals surface area contributed by atoms with Crippen molar-refractivity contribution in [3.8, 4) is 0 Å². The fourth-order valence-electron chi connectivity index (χ4n) is 3.05. The fraction of sp³-hybridized carbons (Fsp3) is 0.250. The first-order chi connectivity index (χ1) is 14.9. The van der Waals surface area contributed by atoms with Crippen LogP contribution in [0.1, 0.15) is 11.4 Å². The van der Waals surface area contributed by atoms with Gasteiger partial charge in [-0.05, 0) is 0 Å². The Morgan fingerprint density at radius 1 is 1.48 bits per heavy atom. The maximum atomic E-state index is 12.7. The van der Waals surface area contributed by atoms with Crippen molar-refractivity contribution in [2.45, 2.75) is 17.2 Å². The summed E-state index contributed by atoms with van der Waals surface area (Å²) in [5, 5.41) is 25.4. The Balaban J connectivity index is 1.48. The number of aromatic amines is 1. The van der Waals surface area contributed by atoms with Crippen LogP contribution >= 0.6 is 34.9 Å². The highest BCUT2D eigenvalue weighted by Crippen LogP contribution is 2.43.